The second-order valence-corrected chi connectivity index (χ2v) is 7.46. The SMILES string of the molecule is CC(NC(=O)Cc1ccc(OC(C)(C)C)cc1)c1nc2ccccc2[nH]1. The minimum absolute atomic E-state index is 0.0394. The number of carbonyl (C=O) groups is 1. The van der Waals surface area contributed by atoms with Gasteiger partial charge in [-0.1, -0.05) is 24.3 Å². The molecule has 0 saturated carbocycles. The van der Waals surface area contributed by atoms with E-state index in [4.69, 9.17) is 4.74 Å². The Hall–Kier alpha value is -2.82. The van der Waals surface area contributed by atoms with Gasteiger partial charge in [-0.2, -0.15) is 0 Å². The molecule has 26 heavy (non-hydrogen) atoms. The summed E-state index contributed by atoms with van der Waals surface area (Å²) in [5.41, 5.74) is 2.58. The Kier molecular flexibility index (Phi) is 4.98. The molecule has 0 fully saturated rings. The third kappa shape index (κ3) is 4.63. The van der Waals surface area contributed by atoms with Gasteiger partial charge in [0, 0.05) is 0 Å². The van der Waals surface area contributed by atoms with E-state index in [0.29, 0.717) is 6.42 Å². The van der Waals surface area contributed by atoms with Gasteiger partial charge in [-0.05, 0) is 57.5 Å². The maximum Gasteiger partial charge on any atom is 0.224 e. The van der Waals surface area contributed by atoms with Gasteiger partial charge < -0.3 is 15.0 Å². The van der Waals surface area contributed by atoms with Gasteiger partial charge in [-0.25, -0.2) is 4.98 Å². The summed E-state index contributed by atoms with van der Waals surface area (Å²) in [6, 6.07) is 15.3. The number of aromatic nitrogens is 2. The van der Waals surface area contributed by atoms with Crippen molar-refractivity contribution >= 4 is 16.9 Å². The molecule has 1 atom stereocenters. The van der Waals surface area contributed by atoms with E-state index >= 15 is 0 Å². The van der Waals surface area contributed by atoms with Crippen molar-refractivity contribution in [3.8, 4) is 5.75 Å². The number of para-hydroxylation sites is 2. The van der Waals surface area contributed by atoms with Gasteiger partial charge in [0.1, 0.15) is 17.2 Å². The largest absolute Gasteiger partial charge is 0.488 e. The monoisotopic (exact) mass is 351 g/mol. The molecule has 5 nitrogen and oxygen atoms in total. The van der Waals surface area contributed by atoms with E-state index in [2.05, 4.69) is 15.3 Å². The van der Waals surface area contributed by atoms with Crippen molar-refractivity contribution in [3.63, 3.8) is 0 Å². The number of fused-ring (bicyclic) bond motifs is 1. The van der Waals surface area contributed by atoms with Crippen LogP contribution in [0.1, 0.15) is 45.1 Å². The topological polar surface area (TPSA) is 67.0 Å². The molecule has 0 aliphatic heterocycles. The average molecular weight is 351 g/mol. The summed E-state index contributed by atoms with van der Waals surface area (Å²) < 4.78 is 5.80. The smallest absolute Gasteiger partial charge is 0.224 e. The molecule has 2 aromatic carbocycles. The number of H-pyrrole nitrogens is 1. The van der Waals surface area contributed by atoms with E-state index < -0.39 is 0 Å². The molecule has 0 radical (unpaired) electrons. The molecule has 1 amide bonds. The van der Waals surface area contributed by atoms with Gasteiger partial charge in [0.2, 0.25) is 5.91 Å². The second-order valence-electron chi connectivity index (χ2n) is 7.46. The van der Waals surface area contributed by atoms with Crippen molar-refractivity contribution in [1.82, 2.24) is 15.3 Å². The highest BCUT2D eigenvalue weighted by Crippen LogP contribution is 2.19. The molecule has 136 valence electrons. The highest BCUT2D eigenvalue weighted by atomic mass is 16.5. The van der Waals surface area contributed by atoms with Gasteiger partial charge in [-0.15, -0.1) is 0 Å². The van der Waals surface area contributed by atoms with Crippen LogP contribution in [0.15, 0.2) is 48.5 Å². The Bertz CT molecular complexity index is 859. The standard InChI is InChI=1S/C21H25N3O2/c1-14(20-23-17-7-5-6-8-18(17)24-20)22-19(25)13-15-9-11-16(12-10-15)26-21(2,3)4/h5-12,14H,13H2,1-4H3,(H,22,25)(H,23,24). The zero-order chi connectivity index (χ0) is 18.7. The zero-order valence-electron chi connectivity index (χ0n) is 15.7. The van der Waals surface area contributed by atoms with Crippen LogP contribution in [0.5, 0.6) is 5.75 Å². The first kappa shape index (κ1) is 18.0. The Morgan fingerprint density at radius 2 is 1.85 bits per heavy atom. The first-order valence-corrected chi connectivity index (χ1v) is 8.82. The first-order chi connectivity index (χ1) is 12.3. The maximum atomic E-state index is 12.3. The molecular formula is C21H25N3O2. The van der Waals surface area contributed by atoms with E-state index in [-0.39, 0.29) is 17.6 Å². The van der Waals surface area contributed by atoms with Gasteiger partial charge in [0.05, 0.1) is 23.5 Å². The fraction of sp³-hybridized carbons (Fsp3) is 0.333. The van der Waals surface area contributed by atoms with E-state index in [1.165, 1.54) is 0 Å². The molecule has 1 unspecified atom stereocenters. The van der Waals surface area contributed by atoms with E-state index in [1.807, 2.05) is 76.2 Å². The fourth-order valence-corrected chi connectivity index (χ4v) is 2.75. The van der Waals surface area contributed by atoms with Crippen molar-refractivity contribution in [1.29, 1.82) is 0 Å². The third-order valence-electron chi connectivity index (χ3n) is 3.91. The fourth-order valence-electron chi connectivity index (χ4n) is 2.75. The van der Waals surface area contributed by atoms with Gasteiger partial charge in [0.15, 0.2) is 0 Å². The lowest BCUT2D eigenvalue weighted by molar-refractivity contribution is -0.121. The molecule has 1 aromatic heterocycles. The van der Waals surface area contributed by atoms with Crippen LogP contribution in [-0.2, 0) is 11.2 Å². The van der Waals surface area contributed by atoms with Crippen molar-refractivity contribution < 1.29 is 9.53 Å². The predicted octanol–water partition coefficient (Wildman–Crippen LogP) is 4.16. The average Bonchev–Trinajstić information content (AvgIpc) is 2.99. The maximum absolute atomic E-state index is 12.3. The number of nitrogens with zero attached hydrogens (tertiary/aromatic N) is 1. The van der Waals surface area contributed by atoms with Gasteiger partial charge in [-0.3, -0.25) is 4.79 Å². The molecule has 0 spiro atoms. The van der Waals surface area contributed by atoms with E-state index in [0.717, 1.165) is 28.2 Å². The van der Waals surface area contributed by atoms with Crippen LogP contribution in [0, 0.1) is 0 Å². The molecule has 5 heteroatoms. The van der Waals surface area contributed by atoms with Crippen LogP contribution < -0.4 is 10.1 Å². The van der Waals surface area contributed by atoms with E-state index in [9.17, 15) is 4.79 Å². The lowest BCUT2D eigenvalue weighted by Gasteiger charge is -2.21. The van der Waals surface area contributed by atoms with Crippen molar-refractivity contribution in [2.24, 2.45) is 0 Å². The molecule has 0 aliphatic rings. The van der Waals surface area contributed by atoms with Gasteiger partial charge >= 0.3 is 0 Å². The molecule has 0 bridgehead atoms. The molecule has 0 aliphatic carbocycles. The number of hydrogen-bond donors (Lipinski definition) is 2. The molecule has 3 aromatic rings. The molecular weight excluding hydrogens is 326 g/mol. The molecule has 2 N–H and O–H groups in total. The molecule has 3 rings (SSSR count). The Morgan fingerprint density at radius 1 is 1.15 bits per heavy atom. The van der Waals surface area contributed by atoms with Crippen LogP contribution in [0.3, 0.4) is 0 Å². The summed E-state index contributed by atoms with van der Waals surface area (Å²) in [7, 11) is 0. The summed E-state index contributed by atoms with van der Waals surface area (Å²) in [5, 5.41) is 2.99. The number of nitrogens with one attached hydrogen (secondary N) is 2. The number of aromatic amines is 1. The molecule has 1 heterocycles. The number of benzene rings is 2. The number of ether oxygens (including phenoxy) is 1. The highest BCUT2D eigenvalue weighted by Gasteiger charge is 2.15. The van der Waals surface area contributed by atoms with Crippen molar-refractivity contribution in [3.05, 3.63) is 59.9 Å². The quantitative estimate of drug-likeness (QED) is 0.725. The second kappa shape index (κ2) is 7.20. The number of hydrogen-bond acceptors (Lipinski definition) is 3. The summed E-state index contributed by atoms with van der Waals surface area (Å²) >= 11 is 0. The Morgan fingerprint density at radius 3 is 2.50 bits per heavy atom. The highest BCUT2D eigenvalue weighted by molar-refractivity contribution is 5.79. The number of imidazole rings is 1. The Balaban J connectivity index is 1.59. The zero-order valence-corrected chi connectivity index (χ0v) is 15.7. The lowest BCUT2D eigenvalue weighted by Crippen LogP contribution is -2.28. The third-order valence-corrected chi connectivity index (χ3v) is 3.91. The molecule has 0 saturated heterocycles. The summed E-state index contributed by atoms with van der Waals surface area (Å²) in [6.45, 7) is 7.95. The van der Waals surface area contributed by atoms with Crippen LogP contribution in [-0.4, -0.2) is 21.5 Å². The number of rotatable bonds is 5. The van der Waals surface area contributed by atoms with Crippen LogP contribution >= 0.6 is 0 Å². The summed E-state index contributed by atoms with van der Waals surface area (Å²) in [4.78, 5) is 20.1. The summed E-state index contributed by atoms with van der Waals surface area (Å²) in [5.74, 6) is 1.52. The van der Waals surface area contributed by atoms with Crippen LogP contribution in [0.2, 0.25) is 0 Å². The van der Waals surface area contributed by atoms with Crippen molar-refractivity contribution in [2.45, 2.75) is 45.8 Å². The normalized spacial score (nSPS) is 12.8. The first-order valence-electron chi connectivity index (χ1n) is 8.82. The Labute approximate surface area is 153 Å². The number of carbonyl (C=O) groups excluding carboxylic acids is 1. The lowest BCUT2D eigenvalue weighted by atomic mass is 10.1. The van der Waals surface area contributed by atoms with Crippen LogP contribution in [0.25, 0.3) is 11.0 Å². The number of amides is 1. The predicted molar refractivity (Wildman–Crippen MR) is 103 cm³/mol. The van der Waals surface area contributed by atoms with E-state index in [1.54, 1.807) is 0 Å². The van der Waals surface area contributed by atoms with Crippen LogP contribution in [0.4, 0.5) is 0 Å². The summed E-state index contributed by atoms with van der Waals surface area (Å²) in [6.07, 6.45) is 0.320. The minimum atomic E-state index is -0.235. The van der Waals surface area contributed by atoms with Crippen molar-refractivity contribution in [2.75, 3.05) is 0 Å². The minimum Gasteiger partial charge on any atom is -0.488 e. The van der Waals surface area contributed by atoms with Gasteiger partial charge in [0.25, 0.3) is 0 Å².